The summed E-state index contributed by atoms with van der Waals surface area (Å²) in [6.45, 7) is 0. The van der Waals surface area contributed by atoms with Gasteiger partial charge in [-0.05, 0) is 17.7 Å². The lowest BCUT2D eigenvalue weighted by Crippen LogP contribution is -2.31. The van der Waals surface area contributed by atoms with E-state index < -0.39 is 27.7 Å². The predicted molar refractivity (Wildman–Crippen MR) is 103 cm³/mol. The molecule has 0 aliphatic carbocycles. The Hall–Kier alpha value is -3.18. The van der Waals surface area contributed by atoms with E-state index in [-0.39, 0.29) is 17.2 Å². The molecule has 0 unspecified atom stereocenters. The quantitative estimate of drug-likeness (QED) is 0.659. The number of carbonyl (C=O) groups excluding carboxylic acids is 2. The normalized spacial score (nSPS) is 11.9. The van der Waals surface area contributed by atoms with Gasteiger partial charge in [-0.15, -0.1) is 0 Å². The van der Waals surface area contributed by atoms with Crippen molar-refractivity contribution in [2.45, 2.75) is 11.9 Å². The molecule has 0 aliphatic rings. The van der Waals surface area contributed by atoms with Gasteiger partial charge in [0.1, 0.15) is 5.75 Å². The number of benzene rings is 2. The van der Waals surface area contributed by atoms with E-state index in [1.165, 1.54) is 29.2 Å². The van der Waals surface area contributed by atoms with Gasteiger partial charge in [-0.2, -0.15) is 5.26 Å². The minimum atomic E-state index is -3.52. The summed E-state index contributed by atoms with van der Waals surface area (Å²) in [5.74, 6) is -1.93. The standard InChI is InChI=1S/C20H20N2O5S/c1-22(2)19(23)18(16-6-4-3-5-7-16)27-20(24)17-10-8-15(9-11-17)14-28(25,26)13-12-21/h3-11,18H,13-14H2,1-2H3/t18-/m0/s1. The van der Waals surface area contributed by atoms with Gasteiger partial charge < -0.3 is 9.64 Å². The highest BCUT2D eigenvalue weighted by Crippen LogP contribution is 2.21. The lowest BCUT2D eigenvalue weighted by atomic mass is 10.1. The van der Waals surface area contributed by atoms with Crippen molar-refractivity contribution in [2.75, 3.05) is 19.8 Å². The van der Waals surface area contributed by atoms with E-state index in [1.807, 2.05) is 0 Å². The van der Waals surface area contributed by atoms with Gasteiger partial charge in [0.25, 0.3) is 5.91 Å². The largest absolute Gasteiger partial charge is 0.444 e. The predicted octanol–water partition coefficient (Wildman–Crippen LogP) is 2.11. The van der Waals surface area contributed by atoms with Crippen LogP contribution >= 0.6 is 0 Å². The average molecular weight is 400 g/mol. The number of amides is 1. The van der Waals surface area contributed by atoms with Crippen LogP contribution in [0.3, 0.4) is 0 Å². The number of rotatable bonds is 7. The topological polar surface area (TPSA) is 105 Å². The molecule has 146 valence electrons. The first-order chi connectivity index (χ1) is 13.2. The first kappa shape index (κ1) is 21.1. The molecule has 8 heteroatoms. The second-order valence-electron chi connectivity index (χ2n) is 6.32. The zero-order valence-corrected chi connectivity index (χ0v) is 16.3. The summed E-state index contributed by atoms with van der Waals surface area (Å²) in [5, 5.41) is 8.54. The minimum absolute atomic E-state index is 0.189. The van der Waals surface area contributed by atoms with Crippen LogP contribution in [-0.2, 0) is 25.1 Å². The molecule has 0 N–H and O–H groups in total. The van der Waals surface area contributed by atoms with Crippen molar-refractivity contribution in [1.82, 2.24) is 4.90 Å². The van der Waals surface area contributed by atoms with Crippen LogP contribution in [0.15, 0.2) is 54.6 Å². The first-order valence-electron chi connectivity index (χ1n) is 8.37. The third-order valence-electron chi connectivity index (χ3n) is 3.85. The molecule has 0 heterocycles. The van der Waals surface area contributed by atoms with Crippen molar-refractivity contribution in [1.29, 1.82) is 5.26 Å². The fourth-order valence-corrected chi connectivity index (χ4v) is 3.44. The number of carbonyl (C=O) groups is 2. The molecule has 0 radical (unpaired) electrons. The monoisotopic (exact) mass is 400 g/mol. The SMILES string of the molecule is CN(C)C(=O)[C@@H](OC(=O)c1ccc(CS(=O)(=O)CC#N)cc1)c1ccccc1. The molecule has 1 atom stereocenters. The van der Waals surface area contributed by atoms with Crippen molar-refractivity contribution in [3.63, 3.8) is 0 Å². The fourth-order valence-electron chi connectivity index (χ4n) is 2.44. The summed E-state index contributed by atoms with van der Waals surface area (Å²) in [7, 11) is -0.377. The Bertz CT molecular complexity index is 978. The van der Waals surface area contributed by atoms with Crippen LogP contribution in [0, 0.1) is 11.3 Å². The molecule has 2 aromatic carbocycles. The zero-order valence-electron chi connectivity index (χ0n) is 15.5. The summed E-state index contributed by atoms with van der Waals surface area (Å²) in [5.41, 5.74) is 1.19. The third-order valence-corrected chi connectivity index (χ3v) is 5.20. The minimum Gasteiger partial charge on any atom is -0.444 e. The molecule has 2 aromatic rings. The number of ether oxygens (including phenoxy) is 1. The van der Waals surface area contributed by atoms with Crippen molar-refractivity contribution in [2.24, 2.45) is 0 Å². The summed E-state index contributed by atoms with van der Waals surface area (Å²) < 4.78 is 28.8. The molecule has 0 fully saturated rings. The van der Waals surface area contributed by atoms with Gasteiger partial charge >= 0.3 is 5.97 Å². The van der Waals surface area contributed by atoms with Crippen molar-refractivity contribution < 1.29 is 22.7 Å². The van der Waals surface area contributed by atoms with E-state index in [2.05, 4.69) is 0 Å². The van der Waals surface area contributed by atoms with Gasteiger partial charge in [-0.1, -0.05) is 42.5 Å². The van der Waals surface area contributed by atoms with E-state index in [1.54, 1.807) is 50.5 Å². The molecule has 0 saturated heterocycles. The van der Waals surface area contributed by atoms with Gasteiger partial charge in [0.15, 0.2) is 9.84 Å². The number of nitriles is 1. The lowest BCUT2D eigenvalue weighted by Gasteiger charge is -2.21. The molecule has 28 heavy (non-hydrogen) atoms. The van der Waals surface area contributed by atoms with Gasteiger partial charge in [-0.3, -0.25) is 4.79 Å². The summed E-state index contributed by atoms with van der Waals surface area (Å²) >= 11 is 0. The van der Waals surface area contributed by atoms with Crippen LogP contribution in [0.1, 0.15) is 27.6 Å². The Morgan fingerprint density at radius 2 is 1.68 bits per heavy atom. The Labute approximate surface area is 164 Å². The highest BCUT2D eigenvalue weighted by atomic mass is 32.2. The molecule has 7 nitrogen and oxygen atoms in total. The Balaban J connectivity index is 2.18. The number of hydrogen-bond acceptors (Lipinski definition) is 6. The van der Waals surface area contributed by atoms with E-state index in [4.69, 9.17) is 10.00 Å². The van der Waals surface area contributed by atoms with Crippen LogP contribution in [0.4, 0.5) is 0 Å². The lowest BCUT2D eigenvalue weighted by molar-refractivity contribution is -0.138. The number of hydrogen-bond donors (Lipinski definition) is 0. The van der Waals surface area contributed by atoms with Crippen LogP contribution < -0.4 is 0 Å². The third kappa shape index (κ3) is 5.66. The van der Waals surface area contributed by atoms with Crippen LogP contribution in [0.2, 0.25) is 0 Å². The maximum absolute atomic E-state index is 12.5. The second-order valence-corrected chi connectivity index (χ2v) is 8.38. The first-order valence-corrected chi connectivity index (χ1v) is 10.2. The molecular weight excluding hydrogens is 380 g/mol. The van der Waals surface area contributed by atoms with Gasteiger partial charge in [0.05, 0.1) is 17.4 Å². The fraction of sp³-hybridized carbons (Fsp3) is 0.250. The summed E-state index contributed by atoms with van der Waals surface area (Å²) in [6.07, 6.45) is -1.08. The maximum Gasteiger partial charge on any atom is 0.339 e. The number of sulfone groups is 1. The summed E-state index contributed by atoms with van der Waals surface area (Å²) in [6, 6.07) is 16.1. The van der Waals surface area contributed by atoms with Gasteiger partial charge in [-0.25, -0.2) is 13.2 Å². The van der Waals surface area contributed by atoms with E-state index in [0.29, 0.717) is 11.1 Å². The van der Waals surface area contributed by atoms with Crippen LogP contribution in [0.25, 0.3) is 0 Å². The van der Waals surface area contributed by atoms with Gasteiger partial charge in [0.2, 0.25) is 6.10 Å². The van der Waals surface area contributed by atoms with Crippen molar-refractivity contribution in [3.8, 4) is 6.07 Å². The molecule has 1 amide bonds. The van der Waals surface area contributed by atoms with E-state index in [0.717, 1.165) is 0 Å². The number of esters is 1. The maximum atomic E-state index is 12.5. The zero-order chi connectivity index (χ0) is 20.7. The van der Waals surface area contributed by atoms with Crippen LogP contribution in [0.5, 0.6) is 0 Å². The molecule has 0 aromatic heterocycles. The van der Waals surface area contributed by atoms with Crippen LogP contribution in [-0.4, -0.2) is 45.0 Å². The van der Waals surface area contributed by atoms with E-state index >= 15 is 0 Å². The molecular formula is C20H20N2O5S. The Morgan fingerprint density at radius 3 is 2.21 bits per heavy atom. The van der Waals surface area contributed by atoms with Gasteiger partial charge in [0, 0.05) is 19.7 Å². The molecule has 0 spiro atoms. The van der Waals surface area contributed by atoms with Crippen molar-refractivity contribution in [3.05, 3.63) is 71.3 Å². The summed E-state index contributed by atoms with van der Waals surface area (Å²) in [4.78, 5) is 26.3. The molecule has 0 saturated carbocycles. The van der Waals surface area contributed by atoms with E-state index in [9.17, 15) is 18.0 Å². The highest BCUT2D eigenvalue weighted by Gasteiger charge is 2.27. The number of likely N-dealkylation sites (N-methyl/N-ethyl adjacent to an activating group) is 1. The Morgan fingerprint density at radius 1 is 1.07 bits per heavy atom. The highest BCUT2D eigenvalue weighted by molar-refractivity contribution is 7.90. The molecule has 0 bridgehead atoms. The average Bonchev–Trinajstić information content (AvgIpc) is 2.66. The molecule has 2 rings (SSSR count). The smallest absolute Gasteiger partial charge is 0.339 e. The van der Waals surface area contributed by atoms with Crippen molar-refractivity contribution >= 4 is 21.7 Å². The molecule has 0 aliphatic heterocycles. The second kappa shape index (κ2) is 9.15. The number of nitrogens with zero attached hydrogens (tertiary/aromatic N) is 2. The Kier molecular flexibility index (Phi) is 6.90.